The number of ether oxygens (including phenoxy) is 1. The number of carbonyl (C=O) groups is 1. The normalized spacial score (nSPS) is 20.5. The first-order chi connectivity index (χ1) is 8.25. The van der Waals surface area contributed by atoms with Crippen molar-refractivity contribution < 1.29 is 9.53 Å². The fourth-order valence-electron chi connectivity index (χ4n) is 2.58. The molecule has 0 amide bonds. The van der Waals surface area contributed by atoms with Gasteiger partial charge >= 0.3 is 5.97 Å². The molecule has 0 unspecified atom stereocenters. The lowest BCUT2D eigenvalue weighted by atomic mass is 10.1. The van der Waals surface area contributed by atoms with Crippen LogP contribution in [-0.2, 0) is 15.2 Å². The Hall–Kier alpha value is -0.610. The predicted molar refractivity (Wildman–Crippen MR) is 72.7 cm³/mol. The number of fused-ring (bicyclic) bond motifs is 2. The van der Waals surface area contributed by atoms with Crippen LogP contribution < -0.4 is 0 Å². The largest absolute Gasteiger partial charge is 0.465 e. The molecule has 2 nitrogen and oxygen atoms in total. The van der Waals surface area contributed by atoms with Crippen LogP contribution >= 0.6 is 23.5 Å². The molecule has 0 aromatic heterocycles. The van der Waals surface area contributed by atoms with Crippen molar-refractivity contribution in [1.29, 1.82) is 0 Å². The molecule has 0 bridgehead atoms. The molecule has 1 aromatic rings. The Balaban J connectivity index is 2.04. The molecule has 0 atom stereocenters. The van der Waals surface area contributed by atoms with Crippen LogP contribution in [0.4, 0.5) is 0 Å². The zero-order valence-electron chi connectivity index (χ0n) is 9.69. The molecular formula is C13H14O2S2. The van der Waals surface area contributed by atoms with E-state index in [1.165, 1.54) is 36.2 Å². The first-order valence-corrected chi connectivity index (χ1v) is 7.72. The molecule has 0 saturated carbocycles. The lowest BCUT2D eigenvalue weighted by molar-refractivity contribution is 0.0600. The quantitative estimate of drug-likeness (QED) is 0.730. The van der Waals surface area contributed by atoms with E-state index in [0.29, 0.717) is 5.56 Å². The van der Waals surface area contributed by atoms with Gasteiger partial charge in [0.25, 0.3) is 0 Å². The van der Waals surface area contributed by atoms with E-state index < -0.39 is 0 Å². The lowest BCUT2D eigenvalue weighted by Gasteiger charge is -2.22. The van der Waals surface area contributed by atoms with Crippen molar-refractivity contribution in [3.8, 4) is 0 Å². The number of methoxy groups -OCH3 is 1. The number of rotatable bonds is 1. The second-order valence-electron chi connectivity index (χ2n) is 4.31. The SMILES string of the molecule is COC(=O)c1ccc2c(c1)C1(CC2)SCCS1. The van der Waals surface area contributed by atoms with Gasteiger partial charge in [-0.05, 0) is 36.1 Å². The molecule has 1 aliphatic carbocycles. The molecule has 90 valence electrons. The number of benzene rings is 1. The number of hydrogen-bond donors (Lipinski definition) is 0. The van der Waals surface area contributed by atoms with E-state index in [-0.39, 0.29) is 10.0 Å². The zero-order valence-corrected chi connectivity index (χ0v) is 11.3. The summed E-state index contributed by atoms with van der Waals surface area (Å²) < 4.78 is 5.02. The van der Waals surface area contributed by atoms with E-state index in [1.807, 2.05) is 35.7 Å². The summed E-state index contributed by atoms with van der Waals surface area (Å²) in [5, 5.41) is 0. The van der Waals surface area contributed by atoms with Gasteiger partial charge in [0.2, 0.25) is 0 Å². The number of aryl methyl sites for hydroxylation is 1. The molecule has 2 aliphatic rings. The van der Waals surface area contributed by atoms with E-state index in [4.69, 9.17) is 4.74 Å². The maximum Gasteiger partial charge on any atom is 0.337 e. The van der Waals surface area contributed by atoms with Crippen molar-refractivity contribution in [3.63, 3.8) is 0 Å². The molecule has 1 saturated heterocycles. The first-order valence-electron chi connectivity index (χ1n) is 5.75. The standard InChI is InChI=1S/C13H14O2S2/c1-15-12(14)10-3-2-9-4-5-13(11(9)8-10)16-6-7-17-13/h2-3,8H,4-7H2,1H3. The highest BCUT2D eigenvalue weighted by atomic mass is 32.2. The van der Waals surface area contributed by atoms with Gasteiger partial charge in [-0.1, -0.05) is 6.07 Å². The second-order valence-corrected chi connectivity index (χ2v) is 7.36. The molecule has 4 heteroatoms. The average molecular weight is 266 g/mol. The monoisotopic (exact) mass is 266 g/mol. The van der Waals surface area contributed by atoms with Crippen LogP contribution in [0.2, 0.25) is 0 Å². The molecule has 0 N–H and O–H groups in total. The van der Waals surface area contributed by atoms with E-state index in [1.54, 1.807) is 0 Å². The van der Waals surface area contributed by atoms with Crippen molar-refractivity contribution >= 4 is 29.5 Å². The van der Waals surface area contributed by atoms with Gasteiger partial charge in [0.15, 0.2) is 0 Å². The Labute approximate surface area is 109 Å². The van der Waals surface area contributed by atoms with E-state index in [0.717, 1.165) is 6.42 Å². The fourth-order valence-corrected chi connectivity index (χ4v) is 5.93. The number of hydrogen-bond acceptors (Lipinski definition) is 4. The lowest BCUT2D eigenvalue weighted by Crippen LogP contribution is -2.11. The van der Waals surface area contributed by atoms with Gasteiger partial charge in [0.1, 0.15) is 0 Å². The van der Waals surface area contributed by atoms with Gasteiger partial charge in [-0.2, -0.15) is 0 Å². The maximum absolute atomic E-state index is 11.6. The molecular weight excluding hydrogens is 252 g/mol. The van der Waals surface area contributed by atoms with E-state index in [9.17, 15) is 4.79 Å². The van der Waals surface area contributed by atoms with Crippen LogP contribution in [0.15, 0.2) is 18.2 Å². The Kier molecular flexibility index (Phi) is 2.87. The fraction of sp³-hybridized carbons (Fsp3) is 0.462. The van der Waals surface area contributed by atoms with E-state index in [2.05, 4.69) is 6.07 Å². The minimum Gasteiger partial charge on any atom is -0.465 e. The molecule has 1 fully saturated rings. The summed E-state index contributed by atoms with van der Waals surface area (Å²) in [6, 6.07) is 6.02. The Morgan fingerprint density at radius 3 is 2.82 bits per heavy atom. The molecule has 1 heterocycles. The van der Waals surface area contributed by atoms with Crippen molar-refractivity contribution in [1.82, 2.24) is 0 Å². The van der Waals surface area contributed by atoms with Gasteiger partial charge in [0.05, 0.1) is 16.8 Å². The third-order valence-corrected chi connectivity index (χ3v) is 6.98. The molecule has 0 radical (unpaired) electrons. The minimum absolute atomic E-state index is 0.222. The summed E-state index contributed by atoms with van der Waals surface area (Å²) in [7, 11) is 1.43. The Morgan fingerprint density at radius 2 is 2.12 bits per heavy atom. The summed E-state index contributed by atoms with van der Waals surface area (Å²) in [5.74, 6) is 2.20. The topological polar surface area (TPSA) is 26.3 Å². The van der Waals surface area contributed by atoms with Gasteiger partial charge in [-0.3, -0.25) is 0 Å². The molecule has 1 aliphatic heterocycles. The Morgan fingerprint density at radius 1 is 1.35 bits per heavy atom. The van der Waals surface area contributed by atoms with Crippen LogP contribution in [0.5, 0.6) is 0 Å². The highest BCUT2D eigenvalue weighted by Gasteiger charge is 2.42. The van der Waals surface area contributed by atoms with Gasteiger partial charge in [-0.25, -0.2) is 4.79 Å². The molecule has 3 rings (SSSR count). The van der Waals surface area contributed by atoms with Crippen molar-refractivity contribution in [2.24, 2.45) is 0 Å². The number of esters is 1. The van der Waals surface area contributed by atoms with Crippen molar-refractivity contribution in [2.45, 2.75) is 16.9 Å². The molecule has 1 spiro atoms. The summed E-state index contributed by atoms with van der Waals surface area (Å²) >= 11 is 4.07. The van der Waals surface area contributed by atoms with Crippen LogP contribution in [0, 0.1) is 0 Å². The van der Waals surface area contributed by atoms with Gasteiger partial charge in [-0.15, -0.1) is 23.5 Å². The molecule has 1 aromatic carbocycles. The number of thioether (sulfide) groups is 2. The maximum atomic E-state index is 11.6. The van der Waals surface area contributed by atoms with Crippen molar-refractivity contribution in [2.75, 3.05) is 18.6 Å². The molecule has 17 heavy (non-hydrogen) atoms. The summed E-state index contributed by atoms with van der Waals surface area (Å²) in [6.07, 6.45) is 2.33. The first kappa shape index (κ1) is 11.5. The summed E-state index contributed by atoms with van der Waals surface area (Å²) in [6.45, 7) is 0. The minimum atomic E-state index is -0.233. The predicted octanol–water partition coefficient (Wildman–Crippen LogP) is 3.05. The van der Waals surface area contributed by atoms with Crippen LogP contribution in [0.3, 0.4) is 0 Å². The van der Waals surface area contributed by atoms with Gasteiger partial charge < -0.3 is 4.74 Å². The highest BCUT2D eigenvalue weighted by molar-refractivity contribution is 8.20. The van der Waals surface area contributed by atoms with Crippen LogP contribution in [-0.4, -0.2) is 24.6 Å². The van der Waals surface area contributed by atoms with Crippen molar-refractivity contribution in [3.05, 3.63) is 34.9 Å². The van der Waals surface area contributed by atoms with Crippen LogP contribution in [0.25, 0.3) is 0 Å². The average Bonchev–Trinajstić information content (AvgIpc) is 2.98. The van der Waals surface area contributed by atoms with Gasteiger partial charge in [0, 0.05) is 11.5 Å². The van der Waals surface area contributed by atoms with E-state index >= 15 is 0 Å². The summed E-state index contributed by atoms with van der Waals surface area (Å²) in [5.41, 5.74) is 3.44. The van der Waals surface area contributed by atoms with Crippen LogP contribution in [0.1, 0.15) is 27.9 Å². The zero-order chi connectivity index (χ0) is 11.9. The smallest absolute Gasteiger partial charge is 0.337 e. The Bertz CT molecular complexity index is 464. The highest BCUT2D eigenvalue weighted by Crippen LogP contribution is 2.58. The summed E-state index contributed by atoms with van der Waals surface area (Å²) in [4.78, 5) is 11.6. The third-order valence-electron chi connectivity index (χ3n) is 3.42. The second kappa shape index (κ2) is 4.25. The number of carbonyl (C=O) groups excluding carboxylic acids is 1. The third kappa shape index (κ3) is 1.78.